The zero-order valence-electron chi connectivity index (χ0n) is 16.6. The van der Waals surface area contributed by atoms with Gasteiger partial charge in [-0.05, 0) is 36.4 Å². The normalized spacial score (nSPS) is 10.9. The van der Waals surface area contributed by atoms with E-state index in [9.17, 15) is 0 Å². The SMILES string of the molecule is C=CC=C.c1ccc(-n2c3ccccc3c3c4c(ccc32)oc2ccccc24)cc1. The van der Waals surface area contributed by atoms with E-state index in [-0.39, 0.29) is 0 Å². The van der Waals surface area contributed by atoms with Crippen LogP contribution in [0.25, 0.3) is 49.4 Å². The van der Waals surface area contributed by atoms with Crippen LogP contribution in [0.3, 0.4) is 0 Å². The predicted octanol–water partition coefficient (Wildman–Crippen LogP) is 8.04. The highest BCUT2D eigenvalue weighted by atomic mass is 16.3. The predicted molar refractivity (Wildman–Crippen MR) is 128 cm³/mol. The van der Waals surface area contributed by atoms with Gasteiger partial charge in [0.25, 0.3) is 0 Å². The Labute approximate surface area is 175 Å². The van der Waals surface area contributed by atoms with Crippen LogP contribution in [0.5, 0.6) is 0 Å². The van der Waals surface area contributed by atoms with E-state index in [0.717, 1.165) is 11.2 Å². The van der Waals surface area contributed by atoms with Crippen LogP contribution in [0.4, 0.5) is 0 Å². The second kappa shape index (κ2) is 7.41. The largest absolute Gasteiger partial charge is 0.456 e. The number of fused-ring (bicyclic) bond motifs is 7. The van der Waals surface area contributed by atoms with E-state index in [2.05, 4.69) is 96.6 Å². The number of nitrogens with zero attached hydrogens (tertiary/aromatic N) is 1. The minimum absolute atomic E-state index is 0.937. The number of aromatic nitrogens is 1. The monoisotopic (exact) mass is 387 g/mol. The van der Waals surface area contributed by atoms with E-state index < -0.39 is 0 Å². The Morgan fingerprint density at radius 3 is 2.00 bits per heavy atom. The van der Waals surface area contributed by atoms with Crippen molar-refractivity contribution in [2.24, 2.45) is 0 Å². The maximum absolute atomic E-state index is 6.12. The third-order valence-electron chi connectivity index (χ3n) is 5.36. The summed E-state index contributed by atoms with van der Waals surface area (Å²) in [6.07, 6.45) is 3.28. The zero-order chi connectivity index (χ0) is 20.5. The molecule has 30 heavy (non-hydrogen) atoms. The lowest BCUT2D eigenvalue weighted by atomic mass is 10.1. The maximum atomic E-state index is 6.12. The van der Waals surface area contributed by atoms with Gasteiger partial charge in [-0.3, -0.25) is 0 Å². The second-order valence-corrected chi connectivity index (χ2v) is 7.09. The molecule has 2 nitrogen and oxygen atoms in total. The number of para-hydroxylation sites is 3. The van der Waals surface area contributed by atoms with E-state index in [0.29, 0.717) is 0 Å². The average molecular weight is 387 g/mol. The van der Waals surface area contributed by atoms with E-state index in [1.165, 1.54) is 38.3 Å². The van der Waals surface area contributed by atoms with Crippen molar-refractivity contribution in [1.29, 1.82) is 0 Å². The number of allylic oxidation sites excluding steroid dienone is 2. The molecule has 0 fully saturated rings. The molecule has 0 unspecified atom stereocenters. The molecule has 6 aromatic rings. The Balaban J connectivity index is 0.000000446. The summed E-state index contributed by atoms with van der Waals surface area (Å²) in [6, 6.07) is 31.7. The van der Waals surface area contributed by atoms with Gasteiger partial charge in [-0.2, -0.15) is 0 Å². The van der Waals surface area contributed by atoms with Gasteiger partial charge in [0.15, 0.2) is 0 Å². The minimum Gasteiger partial charge on any atom is -0.456 e. The molecule has 0 aliphatic heterocycles. The fraction of sp³-hybridized carbons (Fsp3) is 0. The summed E-state index contributed by atoms with van der Waals surface area (Å²) in [5.74, 6) is 0. The molecule has 0 N–H and O–H groups in total. The minimum atomic E-state index is 0.937. The lowest BCUT2D eigenvalue weighted by molar-refractivity contribution is 0.669. The summed E-state index contributed by atoms with van der Waals surface area (Å²) < 4.78 is 8.45. The van der Waals surface area contributed by atoms with Crippen molar-refractivity contribution in [2.45, 2.75) is 0 Å². The van der Waals surface area contributed by atoms with Crippen LogP contribution in [-0.2, 0) is 0 Å². The topological polar surface area (TPSA) is 18.1 Å². The summed E-state index contributed by atoms with van der Waals surface area (Å²) >= 11 is 0. The van der Waals surface area contributed by atoms with Gasteiger partial charge in [0.05, 0.1) is 11.0 Å². The van der Waals surface area contributed by atoms with Crippen molar-refractivity contribution in [2.75, 3.05) is 0 Å². The first-order valence-electron chi connectivity index (χ1n) is 9.95. The number of furan rings is 1. The molecule has 4 aromatic carbocycles. The standard InChI is InChI=1S/C24H15NO.C4H6/c1-2-8-16(9-3-1)25-19-12-6-4-10-17(19)23-20(25)14-15-22-24(23)18-11-5-7-13-21(18)26-22;1-3-4-2/h1-15H;3-4H,1-2H2. The molecule has 2 aromatic heterocycles. The Hall–Kier alpha value is -4.04. The van der Waals surface area contributed by atoms with E-state index >= 15 is 0 Å². The average Bonchev–Trinajstić information content (AvgIpc) is 3.35. The molecule has 0 radical (unpaired) electrons. The molecule has 6 rings (SSSR count). The third kappa shape index (κ3) is 2.73. The van der Waals surface area contributed by atoms with Gasteiger partial charge in [-0.1, -0.05) is 79.9 Å². The summed E-state index contributed by atoms with van der Waals surface area (Å²) in [5, 5.41) is 4.88. The molecule has 0 atom stereocenters. The van der Waals surface area contributed by atoms with Gasteiger partial charge in [-0.15, -0.1) is 0 Å². The number of hydrogen-bond donors (Lipinski definition) is 0. The van der Waals surface area contributed by atoms with E-state index in [1.807, 2.05) is 12.1 Å². The molecule has 0 spiro atoms. The highest BCUT2D eigenvalue weighted by Crippen LogP contribution is 2.40. The van der Waals surface area contributed by atoms with E-state index in [1.54, 1.807) is 12.2 Å². The van der Waals surface area contributed by atoms with Crippen molar-refractivity contribution in [3.05, 3.63) is 116 Å². The molecular formula is C28H21NO. The molecule has 0 bridgehead atoms. The van der Waals surface area contributed by atoms with Gasteiger partial charge in [0, 0.05) is 27.2 Å². The highest BCUT2D eigenvalue weighted by molar-refractivity contribution is 6.27. The Morgan fingerprint density at radius 2 is 1.23 bits per heavy atom. The first kappa shape index (κ1) is 18.0. The van der Waals surface area contributed by atoms with Crippen LogP contribution >= 0.6 is 0 Å². The van der Waals surface area contributed by atoms with Gasteiger partial charge in [0.1, 0.15) is 11.2 Å². The summed E-state index contributed by atoms with van der Waals surface area (Å²) in [4.78, 5) is 0. The van der Waals surface area contributed by atoms with Crippen LogP contribution in [-0.4, -0.2) is 4.57 Å². The third-order valence-corrected chi connectivity index (χ3v) is 5.36. The first-order valence-corrected chi connectivity index (χ1v) is 9.95. The fourth-order valence-electron chi connectivity index (χ4n) is 4.13. The van der Waals surface area contributed by atoms with Gasteiger partial charge < -0.3 is 8.98 Å². The smallest absolute Gasteiger partial charge is 0.136 e. The molecule has 0 saturated carbocycles. The van der Waals surface area contributed by atoms with Crippen molar-refractivity contribution >= 4 is 43.7 Å². The molecule has 2 heteroatoms. The zero-order valence-corrected chi connectivity index (χ0v) is 16.6. The molecule has 0 aliphatic carbocycles. The van der Waals surface area contributed by atoms with Crippen molar-refractivity contribution < 1.29 is 4.42 Å². The molecule has 0 saturated heterocycles. The number of benzene rings is 4. The number of rotatable bonds is 2. The van der Waals surface area contributed by atoms with Crippen molar-refractivity contribution in [1.82, 2.24) is 4.57 Å². The maximum Gasteiger partial charge on any atom is 0.136 e. The molecule has 144 valence electrons. The van der Waals surface area contributed by atoms with Crippen LogP contribution in [0, 0.1) is 0 Å². The fourth-order valence-corrected chi connectivity index (χ4v) is 4.13. The van der Waals surface area contributed by atoms with Gasteiger partial charge in [0.2, 0.25) is 0 Å². The molecular weight excluding hydrogens is 366 g/mol. The molecule has 0 amide bonds. The van der Waals surface area contributed by atoms with Crippen LogP contribution in [0.15, 0.2) is 121 Å². The van der Waals surface area contributed by atoms with Crippen molar-refractivity contribution in [3.63, 3.8) is 0 Å². The van der Waals surface area contributed by atoms with Crippen molar-refractivity contribution in [3.8, 4) is 5.69 Å². The second-order valence-electron chi connectivity index (χ2n) is 7.09. The van der Waals surface area contributed by atoms with Crippen LogP contribution in [0.1, 0.15) is 0 Å². The van der Waals surface area contributed by atoms with Crippen LogP contribution < -0.4 is 0 Å². The Kier molecular flexibility index (Phi) is 4.45. The van der Waals surface area contributed by atoms with Gasteiger partial charge >= 0.3 is 0 Å². The van der Waals surface area contributed by atoms with Gasteiger partial charge in [-0.25, -0.2) is 0 Å². The Morgan fingerprint density at radius 1 is 0.567 bits per heavy atom. The van der Waals surface area contributed by atoms with Crippen LogP contribution in [0.2, 0.25) is 0 Å². The quantitative estimate of drug-likeness (QED) is 0.275. The lowest BCUT2D eigenvalue weighted by Gasteiger charge is -2.07. The summed E-state index contributed by atoms with van der Waals surface area (Å²) in [6.45, 7) is 6.72. The van der Waals surface area contributed by atoms with E-state index in [4.69, 9.17) is 4.42 Å². The summed E-state index contributed by atoms with van der Waals surface area (Å²) in [5.41, 5.74) is 5.47. The number of hydrogen-bond acceptors (Lipinski definition) is 1. The first-order chi connectivity index (χ1) is 14.8. The summed E-state index contributed by atoms with van der Waals surface area (Å²) in [7, 11) is 0. The lowest BCUT2D eigenvalue weighted by Crippen LogP contribution is -1.92. The molecule has 0 aliphatic rings. The Bertz CT molecular complexity index is 1510. The molecule has 2 heterocycles. The highest BCUT2D eigenvalue weighted by Gasteiger charge is 2.17.